The van der Waals surface area contributed by atoms with Gasteiger partial charge in [0.1, 0.15) is 0 Å². The summed E-state index contributed by atoms with van der Waals surface area (Å²) in [5.74, 6) is 0. The molecule has 1 aromatic heterocycles. The minimum absolute atomic E-state index is 0.418. The lowest BCUT2D eigenvalue weighted by molar-refractivity contribution is 0.0589. The third-order valence-corrected chi connectivity index (χ3v) is 3.74. The average molecular weight is 241 g/mol. The number of rotatable bonds is 6. The minimum atomic E-state index is -0.653. The number of thiophene rings is 1. The molecule has 0 aliphatic heterocycles. The maximum Gasteiger partial charge on any atom is 0.0791 e. The monoisotopic (exact) mass is 241 g/mol. The van der Waals surface area contributed by atoms with Crippen LogP contribution in [-0.2, 0) is 12.8 Å². The van der Waals surface area contributed by atoms with Crippen LogP contribution in [0.15, 0.2) is 12.1 Å². The molecule has 0 aromatic carbocycles. The van der Waals surface area contributed by atoms with Crippen LogP contribution in [0.4, 0.5) is 0 Å². The Bertz CT molecular complexity index is 317. The maximum absolute atomic E-state index is 10.2. The molecule has 1 aromatic rings. The van der Waals surface area contributed by atoms with E-state index in [0.29, 0.717) is 12.6 Å². The van der Waals surface area contributed by atoms with Gasteiger partial charge in [-0.15, -0.1) is 11.3 Å². The summed E-state index contributed by atoms with van der Waals surface area (Å²) in [5.41, 5.74) is -0.653. The molecule has 0 amide bonds. The maximum atomic E-state index is 10.2. The molecular weight excluding hydrogens is 218 g/mol. The normalized spacial score (nSPS) is 15.4. The lowest BCUT2D eigenvalue weighted by atomic mass is 10.0. The second-order valence-electron chi connectivity index (χ2n) is 4.93. The summed E-state index contributed by atoms with van der Waals surface area (Å²) < 4.78 is 0. The third-order valence-electron chi connectivity index (χ3n) is 2.51. The van der Waals surface area contributed by atoms with Crippen molar-refractivity contribution in [2.75, 3.05) is 6.54 Å². The van der Waals surface area contributed by atoms with E-state index in [4.69, 9.17) is 0 Å². The molecule has 0 saturated heterocycles. The highest BCUT2D eigenvalue weighted by molar-refractivity contribution is 7.12. The summed E-state index contributed by atoms with van der Waals surface area (Å²) in [7, 11) is 0. The SMILES string of the molecule is CCc1ccc(CC(C)(O)CNC(C)C)s1. The zero-order valence-electron chi connectivity index (χ0n) is 10.7. The number of hydrogen-bond acceptors (Lipinski definition) is 3. The van der Waals surface area contributed by atoms with Crippen molar-refractivity contribution >= 4 is 11.3 Å². The van der Waals surface area contributed by atoms with Gasteiger partial charge in [-0.05, 0) is 25.5 Å². The van der Waals surface area contributed by atoms with Gasteiger partial charge in [-0.2, -0.15) is 0 Å². The van der Waals surface area contributed by atoms with Gasteiger partial charge < -0.3 is 10.4 Å². The van der Waals surface area contributed by atoms with E-state index in [9.17, 15) is 5.11 Å². The van der Waals surface area contributed by atoms with E-state index in [1.165, 1.54) is 9.75 Å². The lowest BCUT2D eigenvalue weighted by Crippen LogP contribution is -2.42. The van der Waals surface area contributed by atoms with Crippen molar-refractivity contribution < 1.29 is 5.11 Å². The van der Waals surface area contributed by atoms with Crippen molar-refractivity contribution in [2.45, 2.75) is 52.2 Å². The van der Waals surface area contributed by atoms with Gasteiger partial charge in [0.05, 0.1) is 5.60 Å². The van der Waals surface area contributed by atoms with Crippen LogP contribution in [-0.4, -0.2) is 23.3 Å². The van der Waals surface area contributed by atoms with E-state index in [1.54, 1.807) is 11.3 Å². The Kier molecular flexibility index (Phi) is 4.96. The lowest BCUT2D eigenvalue weighted by Gasteiger charge is -2.24. The van der Waals surface area contributed by atoms with Crippen molar-refractivity contribution in [3.05, 3.63) is 21.9 Å². The first kappa shape index (κ1) is 13.7. The van der Waals surface area contributed by atoms with Gasteiger partial charge in [0, 0.05) is 28.8 Å². The van der Waals surface area contributed by atoms with Crippen LogP contribution in [0.1, 0.15) is 37.4 Å². The number of aliphatic hydroxyl groups is 1. The van der Waals surface area contributed by atoms with Gasteiger partial charge in [-0.3, -0.25) is 0 Å². The molecule has 1 unspecified atom stereocenters. The van der Waals surface area contributed by atoms with E-state index < -0.39 is 5.60 Å². The summed E-state index contributed by atoms with van der Waals surface area (Å²) in [5, 5.41) is 13.5. The predicted octanol–water partition coefficient (Wildman–Crippen LogP) is 2.60. The van der Waals surface area contributed by atoms with Crippen LogP contribution in [0.2, 0.25) is 0 Å². The predicted molar refractivity (Wildman–Crippen MR) is 71.2 cm³/mol. The molecule has 2 nitrogen and oxygen atoms in total. The fourth-order valence-electron chi connectivity index (χ4n) is 1.57. The Morgan fingerprint density at radius 3 is 2.50 bits per heavy atom. The molecule has 0 spiro atoms. The van der Waals surface area contributed by atoms with Crippen LogP contribution >= 0.6 is 11.3 Å². The second kappa shape index (κ2) is 5.80. The third kappa shape index (κ3) is 4.64. The van der Waals surface area contributed by atoms with Gasteiger partial charge in [0.25, 0.3) is 0 Å². The number of aryl methyl sites for hydroxylation is 1. The number of nitrogens with one attached hydrogen (secondary N) is 1. The van der Waals surface area contributed by atoms with E-state index in [2.05, 4.69) is 38.2 Å². The van der Waals surface area contributed by atoms with Gasteiger partial charge in [-0.1, -0.05) is 20.8 Å². The van der Waals surface area contributed by atoms with E-state index >= 15 is 0 Å². The summed E-state index contributed by atoms with van der Waals surface area (Å²) in [6, 6.07) is 4.71. The highest BCUT2D eigenvalue weighted by atomic mass is 32.1. The molecule has 0 fully saturated rings. The molecule has 0 aliphatic rings. The van der Waals surface area contributed by atoms with Gasteiger partial charge in [0.2, 0.25) is 0 Å². The standard InChI is InChI=1S/C13H23NOS/c1-5-11-6-7-12(16-11)8-13(4,15)9-14-10(2)3/h6-7,10,14-15H,5,8-9H2,1-4H3. The van der Waals surface area contributed by atoms with Crippen molar-refractivity contribution in [3.8, 4) is 0 Å². The molecule has 92 valence electrons. The first-order valence-corrected chi connectivity index (χ1v) is 6.78. The van der Waals surface area contributed by atoms with E-state index in [1.807, 2.05) is 6.92 Å². The first-order chi connectivity index (χ1) is 7.43. The smallest absolute Gasteiger partial charge is 0.0791 e. The Balaban J connectivity index is 2.50. The summed E-state index contributed by atoms with van der Waals surface area (Å²) in [6.07, 6.45) is 1.81. The molecule has 1 heterocycles. The van der Waals surface area contributed by atoms with Crippen LogP contribution < -0.4 is 5.32 Å². The Hall–Kier alpha value is -0.380. The second-order valence-corrected chi connectivity index (χ2v) is 6.18. The molecule has 1 rings (SSSR count). The minimum Gasteiger partial charge on any atom is -0.388 e. The van der Waals surface area contributed by atoms with Gasteiger partial charge in [-0.25, -0.2) is 0 Å². The zero-order chi connectivity index (χ0) is 12.2. The first-order valence-electron chi connectivity index (χ1n) is 5.96. The topological polar surface area (TPSA) is 32.3 Å². The van der Waals surface area contributed by atoms with Gasteiger partial charge in [0.15, 0.2) is 0 Å². The molecule has 0 saturated carbocycles. The highest BCUT2D eigenvalue weighted by Crippen LogP contribution is 2.21. The summed E-state index contributed by atoms with van der Waals surface area (Å²) in [4.78, 5) is 2.66. The molecule has 0 bridgehead atoms. The molecule has 0 radical (unpaired) electrons. The van der Waals surface area contributed by atoms with Crippen LogP contribution in [0.3, 0.4) is 0 Å². The highest BCUT2D eigenvalue weighted by Gasteiger charge is 2.21. The fourth-order valence-corrected chi connectivity index (χ4v) is 2.71. The summed E-state index contributed by atoms with van der Waals surface area (Å²) in [6.45, 7) is 8.89. The van der Waals surface area contributed by atoms with Crippen LogP contribution in [0.25, 0.3) is 0 Å². The Labute approximate surface area is 103 Å². The molecule has 16 heavy (non-hydrogen) atoms. The molecular formula is C13H23NOS. The quantitative estimate of drug-likeness (QED) is 0.802. The number of hydrogen-bond donors (Lipinski definition) is 2. The van der Waals surface area contributed by atoms with Crippen molar-refractivity contribution in [1.82, 2.24) is 5.32 Å². The Morgan fingerprint density at radius 2 is 2.00 bits per heavy atom. The largest absolute Gasteiger partial charge is 0.388 e. The molecule has 1 atom stereocenters. The van der Waals surface area contributed by atoms with Gasteiger partial charge >= 0.3 is 0 Å². The van der Waals surface area contributed by atoms with E-state index in [-0.39, 0.29) is 0 Å². The molecule has 0 aliphatic carbocycles. The molecule has 2 N–H and O–H groups in total. The average Bonchev–Trinajstić information content (AvgIpc) is 2.62. The van der Waals surface area contributed by atoms with Crippen molar-refractivity contribution in [1.29, 1.82) is 0 Å². The van der Waals surface area contributed by atoms with Crippen LogP contribution in [0.5, 0.6) is 0 Å². The Morgan fingerprint density at radius 1 is 1.38 bits per heavy atom. The van der Waals surface area contributed by atoms with E-state index in [0.717, 1.165) is 12.8 Å². The van der Waals surface area contributed by atoms with Crippen molar-refractivity contribution in [3.63, 3.8) is 0 Å². The van der Waals surface area contributed by atoms with Crippen molar-refractivity contribution in [2.24, 2.45) is 0 Å². The molecule has 3 heteroatoms. The van der Waals surface area contributed by atoms with Crippen LogP contribution in [0, 0.1) is 0 Å². The summed E-state index contributed by atoms with van der Waals surface area (Å²) >= 11 is 1.81. The fraction of sp³-hybridized carbons (Fsp3) is 0.692. The zero-order valence-corrected chi connectivity index (χ0v) is 11.5.